The highest BCUT2D eigenvalue weighted by atomic mass is 32.2. The van der Waals surface area contributed by atoms with E-state index in [1.54, 1.807) is 48.5 Å². The lowest BCUT2D eigenvalue weighted by atomic mass is 10.2. The molecule has 3 rings (SSSR count). The number of pyridine rings is 1. The lowest BCUT2D eigenvalue weighted by Gasteiger charge is -2.10. The Labute approximate surface area is 161 Å². The fourth-order valence-corrected chi connectivity index (χ4v) is 3.75. The molecule has 2 aromatic carbocycles. The van der Waals surface area contributed by atoms with Gasteiger partial charge in [0, 0.05) is 29.6 Å². The van der Waals surface area contributed by atoms with E-state index in [0.717, 1.165) is 6.07 Å². The van der Waals surface area contributed by atoms with Crippen LogP contribution in [0.4, 0.5) is 15.8 Å². The van der Waals surface area contributed by atoms with Crippen LogP contribution in [0, 0.1) is 5.82 Å². The number of carbonyl (C=O) groups is 1. The molecular weight excluding hydrogens is 389 g/mol. The summed E-state index contributed by atoms with van der Waals surface area (Å²) in [7, 11) is -1.57. The van der Waals surface area contributed by atoms with Crippen molar-refractivity contribution in [2.24, 2.45) is 0 Å². The first kappa shape index (κ1) is 19.0. The Morgan fingerprint density at radius 2 is 1.74 bits per heavy atom. The van der Waals surface area contributed by atoms with Crippen LogP contribution in [0.3, 0.4) is 0 Å². The maximum Gasteiger partial charge on any atom is 0.277 e. The number of nitrogens with zero attached hydrogens (tertiary/aromatic N) is 1. The van der Waals surface area contributed by atoms with Gasteiger partial charge in [0.15, 0.2) is 22.5 Å². The van der Waals surface area contributed by atoms with Gasteiger partial charge >= 0.3 is 0 Å². The largest absolute Gasteiger partial charge is 0.325 e. The summed E-state index contributed by atoms with van der Waals surface area (Å²) in [6, 6.07) is 15.8. The van der Waals surface area contributed by atoms with Gasteiger partial charge in [-0.25, -0.2) is 13.6 Å². The summed E-state index contributed by atoms with van der Waals surface area (Å²) in [5.74, 6) is -1.37. The van der Waals surface area contributed by atoms with Crippen molar-refractivity contribution in [3.8, 4) is 0 Å². The Bertz CT molecular complexity index is 984. The average molecular weight is 403 g/mol. The lowest BCUT2D eigenvalue weighted by molar-refractivity contribution is 0.101. The van der Waals surface area contributed by atoms with Gasteiger partial charge in [0.2, 0.25) is 0 Å². The fraction of sp³-hybridized carbons (Fsp3) is 0. The maximum atomic E-state index is 13.6. The van der Waals surface area contributed by atoms with Crippen molar-refractivity contribution in [3.05, 3.63) is 78.4 Å². The summed E-state index contributed by atoms with van der Waals surface area (Å²) in [6.45, 7) is 0. The Kier molecular flexibility index (Phi) is 6.17. The minimum atomic E-state index is -1.57. The predicted octanol–water partition coefficient (Wildman–Crippen LogP) is 4.17. The number of benzene rings is 2. The van der Waals surface area contributed by atoms with E-state index in [1.165, 1.54) is 12.3 Å². The van der Waals surface area contributed by atoms with Crippen molar-refractivity contribution >= 4 is 40.3 Å². The van der Waals surface area contributed by atoms with Crippen LogP contribution in [0.1, 0.15) is 10.5 Å². The third-order valence-corrected chi connectivity index (χ3v) is 5.33. The van der Waals surface area contributed by atoms with Crippen LogP contribution in [0.25, 0.3) is 0 Å². The highest BCUT2D eigenvalue weighted by Gasteiger charge is 2.13. The van der Waals surface area contributed by atoms with Gasteiger partial charge in [0.05, 0.1) is 9.79 Å². The van der Waals surface area contributed by atoms with Crippen molar-refractivity contribution < 1.29 is 17.9 Å². The molecule has 1 aromatic heterocycles. The molecule has 0 aliphatic heterocycles. The van der Waals surface area contributed by atoms with E-state index >= 15 is 0 Å². The van der Waals surface area contributed by atoms with Crippen molar-refractivity contribution in [2.45, 2.75) is 9.79 Å². The van der Waals surface area contributed by atoms with Gasteiger partial charge in [-0.2, -0.15) is 0 Å². The molecule has 3 aromatic rings. The summed E-state index contributed by atoms with van der Waals surface area (Å²) in [6.07, 6.45) is 1.34. The summed E-state index contributed by atoms with van der Waals surface area (Å²) < 4.78 is 38.1. The molecule has 1 heterocycles. The van der Waals surface area contributed by atoms with Crippen molar-refractivity contribution in [1.29, 1.82) is 0 Å². The molecule has 27 heavy (non-hydrogen) atoms. The van der Waals surface area contributed by atoms with Gasteiger partial charge in [-0.3, -0.25) is 4.79 Å². The maximum absolute atomic E-state index is 13.6. The Hall–Kier alpha value is -2.75. The Morgan fingerprint density at radius 3 is 2.44 bits per heavy atom. The number of hydrogen-bond acceptors (Lipinski definition) is 5. The normalized spacial score (nSPS) is 11.6. The summed E-state index contributed by atoms with van der Waals surface area (Å²) >= 11 is 0.526. The molecule has 0 radical (unpaired) electrons. The summed E-state index contributed by atoms with van der Waals surface area (Å²) in [5.41, 5.74) is 0.694. The second-order valence-corrected chi connectivity index (χ2v) is 7.08. The standard InChI is InChI=1S/C18H14FN3O3S2/c19-14-4-3-11-20-17(14)18(23)21-12-7-9-13(10-8-12)22-27(25)16-6-2-1-5-15(16)26-24/h1-11,22,24H,(H,21,23). The highest BCUT2D eigenvalue weighted by Crippen LogP contribution is 2.24. The molecular formula is C18H14FN3O3S2. The zero-order valence-electron chi connectivity index (χ0n) is 13.8. The van der Waals surface area contributed by atoms with Gasteiger partial charge in [-0.15, -0.1) is 0 Å². The Morgan fingerprint density at radius 1 is 1.04 bits per heavy atom. The molecule has 0 spiro atoms. The first-order valence-electron chi connectivity index (χ1n) is 7.69. The molecule has 1 unspecified atom stereocenters. The van der Waals surface area contributed by atoms with Crippen molar-refractivity contribution in [1.82, 2.24) is 4.98 Å². The number of nitrogens with one attached hydrogen (secondary N) is 2. The number of anilines is 2. The second-order valence-electron chi connectivity index (χ2n) is 5.27. The van der Waals surface area contributed by atoms with Gasteiger partial charge in [0.25, 0.3) is 5.91 Å². The summed E-state index contributed by atoms with van der Waals surface area (Å²) in [4.78, 5) is 16.7. The highest BCUT2D eigenvalue weighted by molar-refractivity contribution is 7.94. The van der Waals surface area contributed by atoms with Crippen molar-refractivity contribution in [2.75, 3.05) is 10.0 Å². The van der Waals surface area contributed by atoms with Crippen LogP contribution >= 0.6 is 12.0 Å². The van der Waals surface area contributed by atoms with Crippen LogP contribution in [0.2, 0.25) is 0 Å². The molecule has 0 aliphatic carbocycles. The van der Waals surface area contributed by atoms with Gasteiger partial charge in [-0.1, -0.05) is 12.1 Å². The zero-order chi connectivity index (χ0) is 19.2. The zero-order valence-corrected chi connectivity index (χ0v) is 15.4. The minimum absolute atomic E-state index is 0.293. The number of carbonyl (C=O) groups excluding carboxylic acids is 1. The molecule has 1 atom stereocenters. The van der Waals surface area contributed by atoms with Crippen LogP contribution in [0.5, 0.6) is 0 Å². The smallest absolute Gasteiger partial charge is 0.277 e. The van der Waals surface area contributed by atoms with E-state index in [1.807, 2.05) is 0 Å². The van der Waals surface area contributed by atoms with Crippen LogP contribution in [-0.2, 0) is 11.0 Å². The van der Waals surface area contributed by atoms with E-state index in [0.29, 0.717) is 33.2 Å². The Balaban J connectivity index is 1.68. The summed E-state index contributed by atoms with van der Waals surface area (Å²) in [5, 5.41) is 2.55. The third kappa shape index (κ3) is 4.70. The molecule has 6 nitrogen and oxygen atoms in total. The van der Waals surface area contributed by atoms with Crippen molar-refractivity contribution in [3.63, 3.8) is 0 Å². The third-order valence-electron chi connectivity index (χ3n) is 3.47. The number of aromatic nitrogens is 1. The average Bonchev–Trinajstić information content (AvgIpc) is 2.69. The molecule has 0 aliphatic rings. The van der Waals surface area contributed by atoms with E-state index in [4.69, 9.17) is 0 Å². The molecule has 1 amide bonds. The van der Waals surface area contributed by atoms with E-state index in [2.05, 4.69) is 15.0 Å². The topological polar surface area (TPSA) is 91.3 Å². The SMILES string of the molecule is O=C(Nc1ccc(NS(=O)c2ccccc2SO)cc1)c1ncccc1F. The van der Waals surface area contributed by atoms with Crippen LogP contribution in [-0.4, -0.2) is 19.7 Å². The predicted molar refractivity (Wildman–Crippen MR) is 104 cm³/mol. The van der Waals surface area contributed by atoms with E-state index < -0.39 is 22.7 Å². The van der Waals surface area contributed by atoms with Gasteiger partial charge in [-0.05, 0) is 48.5 Å². The lowest BCUT2D eigenvalue weighted by Crippen LogP contribution is -2.15. The first-order chi connectivity index (χ1) is 13.1. The molecule has 138 valence electrons. The van der Waals surface area contributed by atoms with Crippen LogP contribution in [0.15, 0.2) is 76.7 Å². The quantitative estimate of drug-likeness (QED) is 0.537. The molecule has 0 saturated heterocycles. The monoisotopic (exact) mass is 403 g/mol. The molecule has 0 saturated carbocycles. The molecule has 3 N–H and O–H groups in total. The van der Waals surface area contributed by atoms with E-state index in [-0.39, 0.29) is 5.69 Å². The minimum Gasteiger partial charge on any atom is -0.325 e. The van der Waals surface area contributed by atoms with Gasteiger partial charge in [0.1, 0.15) is 0 Å². The molecule has 0 fully saturated rings. The van der Waals surface area contributed by atoms with Crippen LogP contribution < -0.4 is 10.0 Å². The van der Waals surface area contributed by atoms with E-state index in [9.17, 15) is 17.9 Å². The number of rotatable bonds is 6. The van der Waals surface area contributed by atoms with Gasteiger partial charge < -0.3 is 14.6 Å². The molecule has 0 bridgehead atoms. The number of halogens is 1. The second kappa shape index (κ2) is 8.76. The fourth-order valence-electron chi connectivity index (χ4n) is 2.21. The first-order valence-corrected chi connectivity index (χ1v) is 9.61. The number of amides is 1. The number of hydrogen-bond donors (Lipinski definition) is 3. The molecule has 9 heteroatoms.